The Morgan fingerprint density at radius 3 is 2.45 bits per heavy atom. The van der Waals surface area contributed by atoms with Gasteiger partial charge >= 0.3 is 11.9 Å². The van der Waals surface area contributed by atoms with Gasteiger partial charge in [-0.05, 0) is 146 Å². The number of aliphatic hydroxyl groups is 5. The summed E-state index contributed by atoms with van der Waals surface area (Å²) in [5.41, 5.74) is 3.76. The van der Waals surface area contributed by atoms with Crippen LogP contribution in [0.5, 0.6) is 11.5 Å². The number of ketones is 1. The molecule has 13 heteroatoms. The fraction of sp³-hybridized carbons (Fsp3) is 0.583. The molecule has 390 valence electrons. The molecule has 3 aromatic rings. The number of carbonyl (C=O) groups is 3. The first-order valence-corrected chi connectivity index (χ1v) is 27.0. The monoisotopic (exact) mass is 1000 g/mol. The van der Waals surface area contributed by atoms with E-state index in [2.05, 4.69) is 35.4 Å². The van der Waals surface area contributed by atoms with Gasteiger partial charge in [0.15, 0.2) is 0 Å². The molecule has 0 saturated heterocycles. The zero-order chi connectivity index (χ0) is 51.3. The van der Waals surface area contributed by atoms with Gasteiger partial charge in [0.2, 0.25) is 0 Å². The first-order chi connectivity index (χ1) is 35.1. The number of anilines is 1. The standard InChI is InChI=1S/C60H73NO12/c1-4-42-15-17-44-47-23-33-10-11-35-14-16-45(51(64)27-40(35)20-33)48-25-37(39-21-34(30-62)22-43(24-39)61-32-59(2,69)52(65)31-71-3)12-13-38-29-54(66)73-57-46(38)26-41(56(67)55(57)36-8-6-5-7-9-36)28-53(72-58(48)68)60(42,70)49(44)18-19-50(47)63/h10-11,20-22,24,26,36-38,42,44,47,49,51-53,61-62,64-65,67,69-70H,4-9,14-19,23,25,27-32H2,1-3H3/b48-45-/t37-,38-,42+,44+,47+,49-,51-,52+,53+,59+,60-/m0/s1. The molecule has 3 aromatic carbocycles. The first-order valence-electron chi connectivity index (χ1n) is 27.0. The fourth-order valence-corrected chi connectivity index (χ4v) is 14.2. The number of nitrogens with one attached hydrogen (secondary N) is 1. The molecule has 0 spiro atoms. The SMILES string of the molecule is CC[C@@H]1CC[C@@H]2[C@H]3Cc4ccc5c(c4)C[C@H](O)/C(=C4/C[C@@H](c6cc(CO)cc(NC[C@@](C)(O)[C@H](O)COC)c6)C#C[C@H]6CC(=O)Oc7c6cc(c(O)c7C6CCCCC6)C[C@@H](OC4=O)[C@@]1(O)[C@H]2CCC3=O)CC5. The number of hydrogen-bond donors (Lipinski definition) is 7. The second-order valence-corrected chi connectivity index (χ2v) is 22.7. The summed E-state index contributed by atoms with van der Waals surface area (Å²) < 4.78 is 18.3. The fourth-order valence-electron chi connectivity index (χ4n) is 14.2. The third-order valence-electron chi connectivity index (χ3n) is 18.3. The van der Waals surface area contributed by atoms with Crippen LogP contribution in [0.4, 0.5) is 5.69 Å². The number of aromatic hydroxyl groups is 1. The molecule has 11 atom stereocenters. The molecule has 3 heterocycles. The molecule has 0 aromatic heterocycles. The maximum atomic E-state index is 15.9. The minimum atomic E-state index is -1.63. The number of Topliss-reactive ketones (excluding diaryl/α,β-unsaturated/α-hetero) is 1. The number of esters is 2. The summed E-state index contributed by atoms with van der Waals surface area (Å²) in [6.45, 7) is 3.01. The predicted molar refractivity (Wildman–Crippen MR) is 273 cm³/mol. The number of hydrogen-bond acceptors (Lipinski definition) is 13. The second-order valence-electron chi connectivity index (χ2n) is 22.7. The van der Waals surface area contributed by atoms with E-state index in [9.17, 15) is 40.2 Å². The van der Waals surface area contributed by atoms with E-state index >= 15 is 4.79 Å². The minimum Gasteiger partial charge on any atom is -0.507 e. The van der Waals surface area contributed by atoms with Crippen molar-refractivity contribution in [2.75, 3.05) is 25.6 Å². The first kappa shape index (κ1) is 51.4. The van der Waals surface area contributed by atoms with E-state index in [0.29, 0.717) is 83.4 Å². The normalized spacial score (nSPS) is 31.5. The smallest absolute Gasteiger partial charge is 0.334 e. The molecule has 0 radical (unpaired) electrons. The zero-order valence-corrected chi connectivity index (χ0v) is 42.6. The molecule has 11 bridgehead atoms. The van der Waals surface area contributed by atoms with E-state index in [1.807, 2.05) is 25.1 Å². The number of ether oxygens (including phenoxy) is 3. The van der Waals surface area contributed by atoms with E-state index in [0.717, 1.165) is 55.2 Å². The zero-order valence-electron chi connectivity index (χ0n) is 42.6. The third-order valence-corrected chi connectivity index (χ3v) is 18.3. The van der Waals surface area contributed by atoms with Crippen LogP contribution in [-0.2, 0) is 56.1 Å². The number of fused-ring (bicyclic) bond motifs is 8. The second kappa shape index (κ2) is 20.9. The summed E-state index contributed by atoms with van der Waals surface area (Å²) in [5.74, 6) is 3.36. The van der Waals surface area contributed by atoms with Gasteiger partial charge in [-0.15, -0.1) is 0 Å². The molecule has 7 N–H and O–H groups in total. The number of phenols is 1. The predicted octanol–water partition coefficient (Wildman–Crippen LogP) is 7.31. The van der Waals surface area contributed by atoms with Crippen LogP contribution < -0.4 is 10.1 Å². The topological polar surface area (TPSA) is 212 Å². The van der Waals surface area contributed by atoms with Crippen LogP contribution in [0.25, 0.3) is 0 Å². The van der Waals surface area contributed by atoms with Gasteiger partial charge in [0.25, 0.3) is 0 Å². The van der Waals surface area contributed by atoms with Gasteiger partial charge in [-0.2, -0.15) is 0 Å². The Balaban J connectivity index is 1.21. The van der Waals surface area contributed by atoms with Crippen LogP contribution in [-0.4, -0.2) is 98.1 Å². The maximum Gasteiger partial charge on any atom is 0.334 e. The summed E-state index contributed by atoms with van der Waals surface area (Å²) in [4.78, 5) is 44.0. The highest BCUT2D eigenvalue weighted by molar-refractivity contribution is 5.90. The average Bonchev–Trinajstić information content (AvgIpc) is 3.53. The molecule has 3 fully saturated rings. The van der Waals surface area contributed by atoms with E-state index in [1.54, 1.807) is 6.07 Å². The van der Waals surface area contributed by atoms with Crippen molar-refractivity contribution in [2.24, 2.45) is 23.7 Å². The summed E-state index contributed by atoms with van der Waals surface area (Å²) in [6, 6.07) is 13.5. The lowest BCUT2D eigenvalue weighted by Crippen LogP contribution is -2.63. The lowest BCUT2D eigenvalue weighted by atomic mass is 9.53. The summed E-state index contributed by atoms with van der Waals surface area (Å²) in [6.07, 6.45) is 4.98. The number of aliphatic hydroxyl groups excluding tert-OH is 3. The summed E-state index contributed by atoms with van der Waals surface area (Å²) >= 11 is 0. The Hall–Kier alpha value is -5.07. The number of benzene rings is 3. The van der Waals surface area contributed by atoms with Crippen molar-refractivity contribution in [3.8, 4) is 23.3 Å². The van der Waals surface area contributed by atoms with Crippen molar-refractivity contribution in [2.45, 2.75) is 177 Å². The largest absolute Gasteiger partial charge is 0.507 e. The van der Waals surface area contributed by atoms with E-state index in [-0.39, 0.29) is 92.6 Å². The number of aryl methyl sites for hydroxylation is 1. The van der Waals surface area contributed by atoms with Crippen LogP contribution in [0.15, 0.2) is 53.6 Å². The van der Waals surface area contributed by atoms with Crippen LogP contribution in [0.1, 0.15) is 160 Å². The van der Waals surface area contributed by atoms with E-state index in [4.69, 9.17) is 14.2 Å². The van der Waals surface area contributed by atoms with Gasteiger partial charge in [-0.25, -0.2) is 4.79 Å². The molecule has 7 aliphatic rings. The van der Waals surface area contributed by atoms with Gasteiger partial charge in [0, 0.05) is 67.1 Å². The van der Waals surface area contributed by atoms with Crippen molar-refractivity contribution in [1.29, 1.82) is 0 Å². The Morgan fingerprint density at radius 1 is 0.890 bits per heavy atom. The number of carbonyl (C=O) groups excluding carboxylic acids is 3. The van der Waals surface area contributed by atoms with Gasteiger partial charge in [0.05, 0.1) is 31.7 Å². The van der Waals surface area contributed by atoms with Gasteiger partial charge in [0.1, 0.15) is 40.7 Å². The molecule has 10 rings (SSSR count). The van der Waals surface area contributed by atoms with Crippen molar-refractivity contribution in [3.63, 3.8) is 0 Å². The van der Waals surface area contributed by atoms with Crippen molar-refractivity contribution < 1.29 is 59.2 Å². The van der Waals surface area contributed by atoms with Crippen LogP contribution in [0.2, 0.25) is 0 Å². The average molecular weight is 1000 g/mol. The molecular formula is C60H73NO12. The molecular weight excluding hydrogens is 927 g/mol. The number of methoxy groups -OCH3 is 1. The highest BCUT2D eigenvalue weighted by Crippen LogP contribution is 2.56. The van der Waals surface area contributed by atoms with Gasteiger partial charge < -0.3 is 50.2 Å². The summed E-state index contributed by atoms with van der Waals surface area (Å²) in [5, 5.41) is 75.2. The quantitative estimate of drug-likeness (QED) is 0.0605. The van der Waals surface area contributed by atoms with Crippen LogP contribution in [0, 0.1) is 35.5 Å². The highest BCUT2D eigenvalue weighted by atomic mass is 16.6. The Kier molecular flexibility index (Phi) is 14.7. The summed E-state index contributed by atoms with van der Waals surface area (Å²) in [7, 11) is 1.44. The maximum absolute atomic E-state index is 15.9. The van der Waals surface area contributed by atoms with Crippen LogP contribution >= 0.6 is 0 Å². The van der Waals surface area contributed by atoms with Crippen molar-refractivity contribution in [3.05, 3.63) is 98.1 Å². The van der Waals surface area contributed by atoms with E-state index in [1.165, 1.54) is 14.0 Å². The molecule has 3 saturated carbocycles. The van der Waals surface area contributed by atoms with Crippen molar-refractivity contribution in [1.82, 2.24) is 0 Å². The van der Waals surface area contributed by atoms with Gasteiger partial charge in [-0.1, -0.05) is 68.7 Å². The third kappa shape index (κ3) is 9.89. The molecule has 0 unspecified atom stereocenters. The Labute approximate surface area is 428 Å². The minimum absolute atomic E-state index is 0.0328. The van der Waals surface area contributed by atoms with E-state index < -0.39 is 59.2 Å². The number of rotatable bonds is 10. The number of phenolic OH excluding ortho intramolecular Hbond substituents is 1. The lowest BCUT2D eigenvalue weighted by Gasteiger charge is -2.56. The molecule has 3 aliphatic heterocycles. The molecule has 0 amide bonds. The van der Waals surface area contributed by atoms with Gasteiger partial charge in [-0.3, -0.25) is 9.59 Å². The Morgan fingerprint density at radius 2 is 1.68 bits per heavy atom. The lowest BCUT2D eigenvalue weighted by molar-refractivity contribution is -0.212. The van der Waals surface area contributed by atoms with Crippen LogP contribution in [0.3, 0.4) is 0 Å². The van der Waals surface area contributed by atoms with Crippen molar-refractivity contribution >= 4 is 23.4 Å². The molecule has 13 nitrogen and oxygen atoms in total. The molecule has 4 aliphatic carbocycles. The Bertz CT molecular complexity index is 2730. The molecule has 73 heavy (non-hydrogen) atoms. The highest BCUT2D eigenvalue weighted by Gasteiger charge is 2.59.